The highest BCUT2D eigenvalue weighted by Crippen LogP contribution is 2.13. The van der Waals surface area contributed by atoms with E-state index in [1.165, 1.54) is 0 Å². The molecule has 0 spiro atoms. The van der Waals surface area contributed by atoms with Gasteiger partial charge in [-0.15, -0.1) is 0 Å². The normalized spacial score (nSPS) is 11.9. The van der Waals surface area contributed by atoms with Gasteiger partial charge in [0, 0.05) is 166 Å². The van der Waals surface area contributed by atoms with E-state index < -0.39 is 58.5 Å². The first-order valence-electron chi connectivity index (χ1n) is 33.6. The molecule has 0 aromatic carbocycles. The summed E-state index contributed by atoms with van der Waals surface area (Å²) < 4.78 is 26.7. The van der Waals surface area contributed by atoms with Crippen LogP contribution in [0, 0.1) is 0 Å². The molecule has 28 heteroatoms. The van der Waals surface area contributed by atoms with Crippen LogP contribution in [0.5, 0.6) is 0 Å². The molecule has 0 aliphatic rings. The number of amides is 10. The minimum atomic E-state index is -0.647. The number of alkyl carbamates (subject to hydrolysis) is 5. The van der Waals surface area contributed by atoms with Crippen molar-refractivity contribution >= 4 is 60.0 Å². The summed E-state index contributed by atoms with van der Waals surface area (Å²) in [5, 5.41) is 13.7. The Hall–Kier alpha value is -6.42. The Kier molecular flexibility index (Phi) is 42.0. The molecule has 0 saturated heterocycles. The van der Waals surface area contributed by atoms with Crippen molar-refractivity contribution < 1.29 is 71.6 Å². The molecule has 28 nitrogen and oxygen atoms in total. The number of hydrogen-bond donors (Lipinski definition) is 5. The van der Waals surface area contributed by atoms with Crippen molar-refractivity contribution in [1.82, 2.24) is 65.8 Å². The van der Waals surface area contributed by atoms with Gasteiger partial charge in [-0.2, -0.15) is 0 Å². The molecular weight excluding hydrogens is 1210 g/mol. The predicted molar refractivity (Wildman–Crippen MR) is 364 cm³/mol. The fourth-order valence-corrected chi connectivity index (χ4v) is 8.99. The number of nitrogens with one attached hydrogen (secondary N) is 5. The average molecular weight is 1340 g/mol. The molecule has 0 heterocycles. The van der Waals surface area contributed by atoms with Crippen LogP contribution < -0.4 is 26.6 Å². The first-order chi connectivity index (χ1) is 43.4. The molecule has 0 fully saturated rings. The van der Waals surface area contributed by atoms with Gasteiger partial charge in [0.25, 0.3) is 0 Å². The second-order valence-corrected chi connectivity index (χ2v) is 29.0. The molecule has 5 N–H and O–H groups in total. The Labute approximate surface area is 563 Å². The Morgan fingerprint density at radius 3 is 0.532 bits per heavy atom. The number of ether oxygens (including phenoxy) is 5. The third-order valence-electron chi connectivity index (χ3n) is 13.9. The lowest BCUT2D eigenvalue weighted by Crippen LogP contribution is -2.40. The topological polar surface area (TPSA) is 303 Å². The third-order valence-corrected chi connectivity index (χ3v) is 13.9. The van der Waals surface area contributed by atoms with Crippen molar-refractivity contribution in [3.8, 4) is 0 Å². The largest absolute Gasteiger partial charge is 0.444 e. The molecule has 546 valence electrons. The van der Waals surface area contributed by atoms with Gasteiger partial charge < -0.3 is 89.5 Å². The number of carbonyl (C=O) groups excluding carboxylic acids is 10. The summed E-state index contributed by atoms with van der Waals surface area (Å²) in [4.78, 5) is 144. The highest BCUT2D eigenvalue weighted by Gasteiger charge is 2.24. The molecule has 0 aliphatic heterocycles. The van der Waals surface area contributed by atoms with Crippen molar-refractivity contribution in [3.63, 3.8) is 0 Å². The van der Waals surface area contributed by atoms with E-state index in [1.807, 2.05) is 0 Å². The van der Waals surface area contributed by atoms with Crippen LogP contribution in [0.1, 0.15) is 181 Å². The van der Waals surface area contributed by atoms with Crippen molar-refractivity contribution in [3.05, 3.63) is 0 Å². The lowest BCUT2D eigenvalue weighted by Gasteiger charge is -2.29. The Morgan fingerprint density at radius 1 is 0.234 bits per heavy atom. The highest BCUT2D eigenvalue weighted by atomic mass is 16.6. The van der Waals surface area contributed by atoms with Crippen LogP contribution >= 0.6 is 0 Å². The third kappa shape index (κ3) is 50.1. The quantitative estimate of drug-likeness (QED) is 0.0322. The van der Waals surface area contributed by atoms with E-state index in [2.05, 4.69) is 41.3 Å². The Balaban J connectivity index is 6.58. The van der Waals surface area contributed by atoms with Gasteiger partial charge >= 0.3 is 30.5 Å². The molecule has 0 aromatic rings. The molecule has 0 unspecified atom stereocenters. The monoisotopic (exact) mass is 1340 g/mol. The van der Waals surface area contributed by atoms with E-state index in [4.69, 9.17) is 23.7 Å². The highest BCUT2D eigenvalue weighted by molar-refractivity contribution is 5.78. The van der Waals surface area contributed by atoms with Crippen molar-refractivity contribution in [2.24, 2.45) is 0 Å². The van der Waals surface area contributed by atoms with Crippen LogP contribution in [0.4, 0.5) is 24.0 Å². The van der Waals surface area contributed by atoms with Crippen molar-refractivity contribution in [1.29, 1.82) is 0 Å². The zero-order valence-corrected chi connectivity index (χ0v) is 61.6. The zero-order valence-electron chi connectivity index (χ0n) is 61.6. The minimum Gasteiger partial charge on any atom is -0.444 e. The second kappa shape index (κ2) is 45.1. The first kappa shape index (κ1) is 87.6. The summed E-state index contributed by atoms with van der Waals surface area (Å²) in [6, 6.07) is 0. The van der Waals surface area contributed by atoms with Gasteiger partial charge in [-0.05, 0) is 175 Å². The van der Waals surface area contributed by atoms with Crippen LogP contribution in [0.15, 0.2) is 0 Å². The van der Waals surface area contributed by atoms with Crippen LogP contribution in [0.2, 0.25) is 0 Å². The molecule has 0 rings (SSSR count). The fourth-order valence-electron chi connectivity index (χ4n) is 8.99. The molecule has 0 bridgehead atoms. The lowest BCUT2D eigenvalue weighted by molar-refractivity contribution is -0.132. The zero-order chi connectivity index (χ0) is 71.9. The maximum atomic E-state index is 13.7. The maximum Gasteiger partial charge on any atom is 0.407 e. The summed E-state index contributed by atoms with van der Waals surface area (Å²) in [5.74, 6) is -0.471. The second-order valence-electron chi connectivity index (χ2n) is 29.0. The molecule has 0 aliphatic carbocycles. The van der Waals surface area contributed by atoms with E-state index in [1.54, 1.807) is 164 Å². The lowest BCUT2D eigenvalue weighted by atomic mass is 10.2. The van der Waals surface area contributed by atoms with E-state index >= 15 is 0 Å². The summed E-state index contributed by atoms with van der Waals surface area (Å²) >= 11 is 0. The minimum absolute atomic E-state index is 0.0801. The van der Waals surface area contributed by atoms with Crippen LogP contribution in [0.25, 0.3) is 0 Å². The Morgan fingerprint density at radius 2 is 0.383 bits per heavy atom. The average Bonchev–Trinajstić information content (AvgIpc) is 1.90. The predicted octanol–water partition coefficient (Wildman–Crippen LogP) is 6.49. The smallest absolute Gasteiger partial charge is 0.407 e. The molecule has 0 radical (unpaired) electrons. The molecule has 94 heavy (non-hydrogen) atoms. The first-order valence-corrected chi connectivity index (χ1v) is 33.6. The van der Waals surface area contributed by atoms with Crippen LogP contribution in [-0.2, 0) is 47.7 Å². The summed E-state index contributed by atoms with van der Waals surface area (Å²) in [6.07, 6.45) is 2.05. The van der Waals surface area contributed by atoms with Gasteiger partial charge in [0.05, 0.1) is 0 Å². The van der Waals surface area contributed by atoms with E-state index in [0.717, 1.165) is 0 Å². The van der Waals surface area contributed by atoms with Gasteiger partial charge in [-0.25, -0.2) is 24.0 Å². The molecule has 0 aromatic heterocycles. The number of nitrogens with zero attached hydrogens (tertiary/aromatic N) is 8. The SMILES string of the molecule is CN(CCCNC(=O)OC(C)(C)C)C(=O)CCN(CCCN(CCC(=O)N(C)CCCNC(=O)OC(C)(C)C)CCC(=O)N(C)CCCNC(=O)OC(C)(C)C)CCCN(CCC(=O)N(C)CCCNC(=O)OC(C)(C)C)CCC(=O)N(C)CCCNC(=O)OC(C)(C)C. The van der Waals surface area contributed by atoms with E-state index in [0.29, 0.717) is 169 Å². The van der Waals surface area contributed by atoms with E-state index in [9.17, 15) is 47.9 Å². The van der Waals surface area contributed by atoms with E-state index in [-0.39, 0.29) is 61.6 Å². The van der Waals surface area contributed by atoms with Crippen LogP contribution in [0.3, 0.4) is 0 Å². The summed E-state index contributed by atoms with van der Waals surface area (Å²) in [6.45, 7) is 34.4. The number of hydrogen-bond acceptors (Lipinski definition) is 18. The fraction of sp³-hybridized carbons (Fsp3) is 0.848. The molecular formula is C66H127N13O15. The van der Waals surface area contributed by atoms with Crippen molar-refractivity contribution in [2.45, 2.75) is 209 Å². The maximum absolute atomic E-state index is 13.7. The Bertz CT molecular complexity index is 2040. The summed E-state index contributed by atoms with van der Waals surface area (Å²) in [7, 11) is 8.60. The molecule has 10 amide bonds. The molecule has 0 saturated carbocycles. The van der Waals surface area contributed by atoms with Crippen molar-refractivity contribution in [2.75, 3.05) is 160 Å². The van der Waals surface area contributed by atoms with Gasteiger partial charge in [-0.1, -0.05) is 0 Å². The van der Waals surface area contributed by atoms with Gasteiger partial charge in [0.2, 0.25) is 29.5 Å². The standard InChI is InChI=1S/C66H127N13O15/c1-62(2,3)90-57(85)67-33-21-38-72(16)52(80)28-47-77(43-26-45-78(48-29-53(81)73(17)39-22-34-68-58(86)91-63(4,5)6)49-30-54(82)74(18)40-23-35-69-59(87)92-64(7,8)9)44-27-46-79(50-31-55(83)75(19)41-24-36-70-60(88)93-65(10,11)12)51-32-56(84)76(20)42-25-37-71-61(89)94-66(13,14)15/h21-51H2,1-20H3,(H,67,85)(H,68,86)(H,69,87)(H,70,88)(H,71,89). The number of carbonyl (C=O) groups is 10. The van der Waals surface area contributed by atoms with Gasteiger partial charge in [0.15, 0.2) is 0 Å². The van der Waals surface area contributed by atoms with Gasteiger partial charge in [0.1, 0.15) is 28.0 Å². The number of rotatable bonds is 43. The van der Waals surface area contributed by atoms with Crippen LogP contribution in [-0.4, -0.2) is 287 Å². The summed E-state index contributed by atoms with van der Waals surface area (Å²) in [5.41, 5.74) is -3.21. The van der Waals surface area contributed by atoms with Gasteiger partial charge in [-0.3, -0.25) is 24.0 Å². The molecule has 0 atom stereocenters.